The zero-order chi connectivity index (χ0) is 44.9. The SMILES string of the molecule is CCCC[C@H]1CCc2nc(N)sc2C1.CCCN(CCc1cccs1)[C@H]1CCc2c(O)cccc2C1.CCCN1C[C@@H](CS(=O)(=O)N(CC)CC)C[C@@H]2Cc3c(O)cccc3C[C@H]21. The van der Waals surface area contributed by atoms with E-state index in [1.165, 1.54) is 77.2 Å². The number of nitrogens with zero attached hydrogens (tertiary/aromatic N) is 4. The standard InChI is InChI=1S/C21H34N2O3S.C19H25NOS.C11H18N2S/c1-4-10-22-14-16(15-27(25,26)23(5-2)6-3)11-18-12-19-17(13-20(18)22)8-7-9-21(19)24;1-2-11-20(12-10-17-6-4-13-22-17)16-8-9-18-15(14-16)5-3-7-19(18)21;1-2-3-4-8-5-6-9-10(7-8)14-11(12)13-9/h7-9,16,18,20,24H,4-6,10-15H2,1-3H3;3-7,13,16,21H,2,8-12,14H2,1H3;8H,2-7H2,1H3,(H2,12,13)/t16-,18+,20+;16-;8-/m000/s1. The van der Waals surface area contributed by atoms with Gasteiger partial charge in [0.25, 0.3) is 0 Å². The number of anilines is 1. The van der Waals surface area contributed by atoms with Crippen LogP contribution in [0.25, 0.3) is 0 Å². The van der Waals surface area contributed by atoms with Crippen LogP contribution in [0, 0.1) is 17.8 Å². The fourth-order valence-corrected chi connectivity index (χ4v) is 14.4. The fourth-order valence-electron chi connectivity index (χ4n) is 10.9. The number of hydrogen-bond donors (Lipinski definition) is 3. The second-order valence-corrected chi connectivity index (χ2v) is 22.6. The summed E-state index contributed by atoms with van der Waals surface area (Å²) in [6.45, 7) is 15.8. The highest BCUT2D eigenvalue weighted by molar-refractivity contribution is 7.89. The van der Waals surface area contributed by atoms with E-state index in [-0.39, 0.29) is 11.7 Å². The number of aromatic hydroxyl groups is 2. The minimum absolute atomic E-state index is 0.163. The highest BCUT2D eigenvalue weighted by atomic mass is 32.2. The number of aryl methyl sites for hydroxylation is 1. The van der Waals surface area contributed by atoms with Gasteiger partial charge < -0.3 is 15.9 Å². The second-order valence-electron chi connectivity index (χ2n) is 18.5. The molecule has 5 atom stereocenters. The van der Waals surface area contributed by atoms with E-state index in [1.54, 1.807) is 21.7 Å². The molecule has 63 heavy (non-hydrogen) atoms. The van der Waals surface area contributed by atoms with E-state index in [1.807, 2.05) is 43.4 Å². The Kier molecular flexibility index (Phi) is 18.8. The maximum absolute atomic E-state index is 12.8. The number of phenols is 2. The molecule has 4 aliphatic rings. The highest BCUT2D eigenvalue weighted by Gasteiger charge is 2.41. The summed E-state index contributed by atoms with van der Waals surface area (Å²) in [5.41, 5.74) is 11.8. The molecule has 3 aliphatic carbocycles. The van der Waals surface area contributed by atoms with E-state index in [0.717, 1.165) is 94.0 Å². The van der Waals surface area contributed by atoms with Crippen LogP contribution in [0.1, 0.15) is 124 Å². The van der Waals surface area contributed by atoms with Crippen LogP contribution in [0.5, 0.6) is 11.5 Å². The average Bonchev–Trinajstić information content (AvgIpc) is 3.93. The van der Waals surface area contributed by atoms with Gasteiger partial charge >= 0.3 is 0 Å². The van der Waals surface area contributed by atoms with Crippen LogP contribution in [-0.4, -0.2) is 94.8 Å². The van der Waals surface area contributed by atoms with Gasteiger partial charge in [0.15, 0.2) is 5.13 Å². The van der Waals surface area contributed by atoms with Gasteiger partial charge in [0.2, 0.25) is 10.0 Å². The van der Waals surface area contributed by atoms with Crippen molar-refractivity contribution in [3.8, 4) is 11.5 Å². The molecule has 2 aromatic carbocycles. The van der Waals surface area contributed by atoms with E-state index in [0.29, 0.717) is 42.6 Å². The van der Waals surface area contributed by atoms with Gasteiger partial charge in [-0.15, -0.1) is 22.7 Å². The highest BCUT2D eigenvalue weighted by Crippen LogP contribution is 2.41. The van der Waals surface area contributed by atoms with Gasteiger partial charge in [0, 0.05) is 48.0 Å². The number of unbranched alkanes of at least 4 members (excludes halogenated alkanes) is 1. The Hall–Kier alpha value is -3.00. The second kappa shape index (κ2) is 24.0. The maximum atomic E-state index is 12.8. The van der Waals surface area contributed by atoms with Gasteiger partial charge in [-0.25, -0.2) is 17.7 Å². The van der Waals surface area contributed by atoms with Crippen molar-refractivity contribution in [3.63, 3.8) is 0 Å². The predicted molar refractivity (Wildman–Crippen MR) is 265 cm³/mol. The molecule has 348 valence electrons. The summed E-state index contributed by atoms with van der Waals surface area (Å²) >= 11 is 3.55. The number of piperidine rings is 1. The van der Waals surface area contributed by atoms with E-state index < -0.39 is 10.0 Å². The van der Waals surface area contributed by atoms with Gasteiger partial charge in [-0.1, -0.05) is 84.2 Å². The quantitative estimate of drug-likeness (QED) is 0.102. The van der Waals surface area contributed by atoms with Crippen LogP contribution in [-0.2, 0) is 55.0 Å². The zero-order valence-corrected chi connectivity index (χ0v) is 41.4. The summed E-state index contributed by atoms with van der Waals surface area (Å²) in [5.74, 6) is 2.59. The molecular formula is C51H77N5O4S3. The number of phenolic OH excluding ortho intramolecular Hbond substituents is 2. The lowest BCUT2D eigenvalue weighted by Gasteiger charge is -2.47. The van der Waals surface area contributed by atoms with E-state index in [4.69, 9.17) is 5.73 Å². The smallest absolute Gasteiger partial charge is 0.214 e. The number of thiophene rings is 1. The lowest BCUT2D eigenvalue weighted by Crippen LogP contribution is -2.53. The molecule has 12 heteroatoms. The first-order valence-corrected chi connectivity index (χ1v) is 27.6. The summed E-state index contributed by atoms with van der Waals surface area (Å²) in [5, 5.41) is 23.2. The zero-order valence-electron chi connectivity index (χ0n) is 38.9. The summed E-state index contributed by atoms with van der Waals surface area (Å²) in [7, 11) is -3.21. The topological polar surface area (TPSA) is 123 Å². The van der Waals surface area contributed by atoms with Crippen LogP contribution < -0.4 is 5.73 Å². The molecule has 0 bridgehead atoms. The predicted octanol–water partition coefficient (Wildman–Crippen LogP) is 10.2. The number of hydrogen-bond acceptors (Lipinski definition) is 10. The number of nitrogen functional groups attached to an aromatic ring is 1. The van der Waals surface area contributed by atoms with E-state index in [2.05, 4.69) is 65.2 Å². The first-order chi connectivity index (χ1) is 30.5. The van der Waals surface area contributed by atoms with Crippen LogP contribution in [0.15, 0.2) is 53.9 Å². The van der Waals surface area contributed by atoms with Crippen molar-refractivity contribution in [2.24, 2.45) is 17.8 Å². The third-order valence-electron chi connectivity index (χ3n) is 14.0. The largest absolute Gasteiger partial charge is 0.508 e. The van der Waals surface area contributed by atoms with Crippen LogP contribution >= 0.6 is 22.7 Å². The van der Waals surface area contributed by atoms with Crippen molar-refractivity contribution in [1.29, 1.82) is 0 Å². The van der Waals surface area contributed by atoms with E-state index in [9.17, 15) is 18.6 Å². The van der Waals surface area contributed by atoms with Gasteiger partial charge in [0.05, 0.1) is 11.4 Å². The number of nitrogens with two attached hydrogens (primary N) is 1. The molecule has 9 nitrogen and oxygen atoms in total. The van der Waals surface area contributed by atoms with Crippen molar-refractivity contribution in [3.05, 3.63) is 91.6 Å². The molecule has 0 amide bonds. The Morgan fingerprint density at radius 1 is 0.825 bits per heavy atom. The van der Waals surface area contributed by atoms with Crippen molar-refractivity contribution in [2.75, 3.05) is 50.8 Å². The molecule has 0 saturated carbocycles. The van der Waals surface area contributed by atoms with Crippen LogP contribution in [0.4, 0.5) is 5.13 Å². The number of likely N-dealkylation sites (tertiary alicyclic amines) is 1. The molecule has 0 radical (unpaired) electrons. The Morgan fingerprint density at radius 2 is 1.57 bits per heavy atom. The van der Waals surface area contributed by atoms with Crippen molar-refractivity contribution in [1.82, 2.24) is 19.1 Å². The summed E-state index contributed by atoms with van der Waals surface area (Å²) in [6, 6.07) is 17.3. The minimum atomic E-state index is -3.21. The Bertz CT molecular complexity index is 2100. The van der Waals surface area contributed by atoms with Gasteiger partial charge in [-0.2, -0.15) is 0 Å². The lowest BCUT2D eigenvalue weighted by molar-refractivity contribution is 0.0550. The van der Waals surface area contributed by atoms with Crippen molar-refractivity contribution < 1.29 is 18.6 Å². The molecule has 4 N–H and O–H groups in total. The van der Waals surface area contributed by atoms with Crippen molar-refractivity contribution in [2.45, 2.75) is 143 Å². The maximum Gasteiger partial charge on any atom is 0.214 e. The Balaban J connectivity index is 0.000000165. The van der Waals surface area contributed by atoms with Gasteiger partial charge in [-0.3, -0.25) is 9.80 Å². The number of benzene rings is 2. The third-order valence-corrected chi connectivity index (χ3v) is 18.1. The monoisotopic (exact) mass is 920 g/mol. The minimum Gasteiger partial charge on any atom is -0.508 e. The first kappa shape index (κ1) is 49.4. The Morgan fingerprint density at radius 3 is 2.25 bits per heavy atom. The first-order valence-electron chi connectivity index (χ1n) is 24.3. The summed E-state index contributed by atoms with van der Waals surface area (Å²) in [6.07, 6.45) is 17.2. The number of aromatic nitrogens is 1. The lowest BCUT2D eigenvalue weighted by atomic mass is 9.72. The number of thiazole rings is 1. The molecule has 0 unspecified atom stereocenters. The normalized spacial score (nSPS) is 21.9. The van der Waals surface area contributed by atoms with Crippen molar-refractivity contribution >= 4 is 37.8 Å². The molecule has 1 fully saturated rings. The van der Waals surface area contributed by atoms with Crippen LogP contribution in [0.3, 0.4) is 0 Å². The molecule has 0 spiro atoms. The summed E-state index contributed by atoms with van der Waals surface area (Å²) < 4.78 is 27.2. The third kappa shape index (κ3) is 13.3. The number of sulfonamides is 1. The number of fused-ring (bicyclic) bond motifs is 4. The molecule has 1 aliphatic heterocycles. The summed E-state index contributed by atoms with van der Waals surface area (Å²) in [4.78, 5) is 12.5. The molecule has 3 heterocycles. The van der Waals surface area contributed by atoms with Gasteiger partial charge in [0.1, 0.15) is 11.5 Å². The average molecular weight is 920 g/mol. The Labute approximate surface area is 388 Å². The molecule has 4 aromatic rings. The fraction of sp³-hybridized carbons (Fsp3) is 0.627. The molecule has 2 aromatic heterocycles. The van der Waals surface area contributed by atoms with Gasteiger partial charge in [-0.05, 0) is 154 Å². The molecule has 8 rings (SSSR count). The van der Waals surface area contributed by atoms with Crippen LogP contribution in [0.2, 0.25) is 0 Å². The van der Waals surface area contributed by atoms with E-state index >= 15 is 0 Å². The molecular weight excluding hydrogens is 843 g/mol. The number of rotatable bonds is 16. The molecule has 1 saturated heterocycles.